The fourth-order valence-electron chi connectivity index (χ4n) is 2.90. The quantitative estimate of drug-likeness (QED) is 0.890. The molecule has 1 aliphatic rings. The standard InChI is InChI=1S/C19H21ClN2O3/c20-16-5-3-15(4-6-16)18(23)19(24)22-10-7-17(8-11-22)25-13-14-2-1-9-21-12-14/h1-6,9,12,17-18,23H,7-8,10-11,13H2/t18-/m0/s1. The second-order valence-corrected chi connectivity index (χ2v) is 6.59. The lowest BCUT2D eigenvalue weighted by atomic mass is 10.0. The van der Waals surface area contributed by atoms with Crippen LogP contribution in [0.15, 0.2) is 48.8 Å². The van der Waals surface area contributed by atoms with Crippen LogP contribution < -0.4 is 0 Å². The van der Waals surface area contributed by atoms with Gasteiger partial charge in [0.25, 0.3) is 5.91 Å². The SMILES string of the molecule is O=C([C@@H](O)c1ccc(Cl)cc1)N1CCC(OCc2cccnc2)CC1. The van der Waals surface area contributed by atoms with E-state index in [9.17, 15) is 9.90 Å². The molecule has 1 atom stereocenters. The van der Waals surface area contributed by atoms with Gasteiger partial charge in [-0.15, -0.1) is 0 Å². The minimum atomic E-state index is -1.15. The molecule has 0 unspecified atom stereocenters. The second-order valence-electron chi connectivity index (χ2n) is 6.15. The molecule has 0 radical (unpaired) electrons. The van der Waals surface area contributed by atoms with Crippen molar-refractivity contribution in [1.82, 2.24) is 9.88 Å². The molecule has 0 bridgehead atoms. The maximum atomic E-state index is 12.5. The van der Waals surface area contributed by atoms with Crippen molar-refractivity contribution in [3.63, 3.8) is 0 Å². The van der Waals surface area contributed by atoms with Gasteiger partial charge in [0.2, 0.25) is 0 Å². The first kappa shape index (κ1) is 17.9. The predicted molar refractivity (Wildman–Crippen MR) is 95.0 cm³/mol. The molecule has 1 aromatic heterocycles. The number of benzene rings is 1. The predicted octanol–water partition coefficient (Wildman–Crippen LogP) is 2.98. The number of hydrogen-bond acceptors (Lipinski definition) is 4. The van der Waals surface area contributed by atoms with Gasteiger partial charge in [-0.05, 0) is 42.2 Å². The summed E-state index contributed by atoms with van der Waals surface area (Å²) < 4.78 is 5.90. The molecular formula is C19H21ClN2O3. The van der Waals surface area contributed by atoms with Crippen LogP contribution in [0.3, 0.4) is 0 Å². The molecule has 0 saturated carbocycles. The van der Waals surface area contributed by atoms with Crippen molar-refractivity contribution in [1.29, 1.82) is 0 Å². The molecule has 0 spiro atoms. The number of pyridine rings is 1. The lowest BCUT2D eigenvalue weighted by molar-refractivity contribution is -0.143. The van der Waals surface area contributed by atoms with Gasteiger partial charge in [-0.3, -0.25) is 9.78 Å². The van der Waals surface area contributed by atoms with E-state index < -0.39 is 6.10 Å². The van der Waals surface area contributed by atoms with Crippen LogP contribution in [0.1, 0.15) is 30.1 Å². The average Bonchev–Trinajstić information content (AvgIpc) is 2.67. The third-order valence-corrected chi connectivity index (χ3v) is 4.63. The third-order valence-electron chi connectivity index (χ3n) is 4.38. The van der Waals surface area contributed by atoms with Gasteiger partial charge in [0.1, 0.15) is 0 Å². The lowest BCUT2D eigenvalue weighted by Gasteiger charge is -2.33. The summed E-state index contributed by atoms with van der Waals surface area (Å²) in [6.45, 7) is 1.70. The van der Waals surface area contributed by atoms with Gasteiger partial charge >= 0.3 is 0 Å². The van der Waals surface area contributed by atoms with Crippen LogP contribution in [0.4, 0.5) is 0 Å². The molecule has 1 fully saturated rings. The van der Waals surface area contributed by atoms with Crippen molar-refractivity contribution in [2.45, 2.75) is 31.7 Å². The number of carbonyl (C=O) groups excluding carboxylic acids is 1. The largest absolute Gasteiger partial charge is 0.378 e. The molecule has 1 amide bonds. The number of aliphatic hydroxyl groups is 1. The lowest BCUT2D eigenvalue weighted by Crippen LogP contribution is -2.43. The second kappa shape index (κ2) is 8.43. The maximum Gasteiger partial charge on any atom is 0.256 e. The first-order valence-corrected chi connectivity index (χ1v) is 8.74. The topological polar surface area (TPSA) is 62.7 Å². The monoisotopic (exact) mass is 360 g/mol. The van der Waals surface area contributed by atoms with E-state index in [0.717, 1.165) is 18.4 Å². The van der Waals surface area contributed by atoms with E-state index in [0.29, 0.717) is 30.3 Å². The van der Waals surface area contributed by atoms with Crippen LogP contribution in [-0.4, -0.2) is 40.1 Å². The van der Waals surface area contributed by atoms with Crippen molar-refractivity contribution in [2.24, 2.45) is 0 Å². The Bertz CT molecular complexity index is 686. The summed E-state index contributed by atoms with van der Waals surface area (Å²) in [6.07, 6.45) is 4.03. The molecule has 0 aliphatic carbocycles. The average molecular weight is 361 g/mol. The molecule has 25 heavy (non-hydrogen) atoms. The van der Waals surface area contributed by atoms with Gasteiger partial charge in [-0.1, -0.05) is 29.8 Å². The Morgan fingerprint density at radius 3 is 2.64 bits per heavy atom. The number of carbonyl (C=O) groups is 1. The summed E-state index contributed by atoms with van der Waals surface area (Å²) in [4.78, 5) is 18.2. The molecule has 5 nitrogen and oxygen atoms in total. The molecule has 1 N–H and O–H groups in total. The summed E-state index contributed by atoms with van der Waals surface area (Å²) in [5, 5.41) is 10.9. The molecule has 2 heterocycles. The normalized spacial score (nSPS) is 16.6. The fourth-order valence-corrected chi connectivity index (χ4v) is 3.03. The number of amides is 1. The summed E-state index contributed by atoms with van der Waals surface area (Å²) >= 11 is 5.84. The van der Waals surface area contributed by atoms with Crippen molar-refractivity contribution in [3.05, 3.63) is 64.9 Å². The highest BCUT2D eigenvalue weighted by molar-refractivity contribution is 6.30. The van der Waals surface area contributed by atoms with Crippen molar-refractivity contribution < 1.29 is 14.6 Å². The summed E-state index contributed by atoms with van der Waals surface area (Å²) in [6, 6.07) is 10.6. The maximum absolute atomic E-state index is 12.5. The van der Waals surface area contributed by atoms with E-state index in [2.05, 4.69) is 4.98 Å². The molecule has 132 valence electrons. The van der Waals surface area contributed by atoms with E-state index in [4.69, 9.17) is 16.3 Å². The highest BCUT2D eigenvalue weighted by Crippen LogP contribution is 2.22. The summed E-state index contributed by atoms with van der Waals surface area (Å²) in [5.74, 6) is -0.270. The third kappa shape index (κ3) is 4.78. The van der Waals surface area contributed by atoms with Crippen molar-refractivity contribution in [2.75, 3.05) is 13.1 Å². The fraction of sp³-hybridized carbons (Fsp3) is 0.368. The van der Waals surface area contributed by atoms with E-state index in [1.807, 2.05) is 12.1 Å². The van der Waals surface area contributed by atoms with Gasteiger partial charge in [0.05, 0.1) is 12.7 Å². The first-order chi connectivity index (χ1) is 12.1. The molecule has 1 saturated heterocycles. The molecule has 3 rings (SSSR count). The van der Waals surface area contributed by atoms with Crippen molar-refractivity contribution >= 4 is 17.5 Å². The zero-order chi connectivity index (χ0) is 17.6. The number of rotatable bonds is 5. The Balaban J connectivity index is 1.48. The molecule has 1 aromatic carbocycles. The van der Waals surface area contributed by atoms with E-state index in [1.54, 1.807) is 41.6 Å². The zero-order valence-corrected chi connectivity index (χ0v) is 14.6. The van der Waals surface area contributed by atoms with Gasteiger partial charge in [-0.2, -0.15) is 0 Å². The summed E-state index contributed by atoms with van der Waals surface area (Å²) in [5.41, 5.74) is 1.60. The number of likely N-dealkylation sites (tertiary alicyclic amines) is 1. The highest BCUT2D eigenvalue weighted by atomic mass is 35.5. The minimum Gasteiger partial charge on any atom is -0.378 e. The molecular weight excluding hydrogens is 340 g/mol. The minimum absolute atomic E-state index is 0.122. The van der Waals surface area contributed by atoms with Crippen molar-refractivity contribution in [3.8, 4) is 0 Å². The van der Waals surface area contributed by atoms with Gasteiger partial charge < -0.3 is 14.7 Å². The Labute approximate surface area is 152 Å². The molecule has 1 aliphatic heterocycles. The zero-order valence-electron chi connectivity index (χ0n) is 13.8. The van der Waals surface area contributed by atoms with Gasteiger partial charge in [0.15, 0.2) is 6.10 Å². The number of nitrogens with zero attached hydrogens (tertiary/aromatic N) is 2. The van der Waals surface area contributed by atoms with Crippen LogP contribution in [0, 0.1) is 0 Å². The summed E-state index contributed by atoms with van der Waals surface area (Å²) in [7, 11) is 0. The highest BCUT2D eigenvalue weighted by Gasteiger charge is 2.28. The molecule has 6 heteroatoms. The number of hydrogen-bond donors (Lipinski definition) is 1. The van der Waals surface area contributed by atoms with Crippen LogP contribution in [-0.2, 0) is 16.1 Å². The van der Waals surface area contributed by atoms with Crippen LogP contribution >= 0.6 is 11.6 Å². The number of piperidine rings is 1. The van der Waals surface area contributed by atoms with E-state index >= 15 is 0 Å². The molecule has 2 aromatic rings. The van der Waals surface area contributed by atoms with E-state index in [1.165, 1.54) is 0 Å². The number of aliphatic hydroxyl groups excluding tert-OH is 1. The smallest absolute Gasteiger partial charge is 0.256 e. The number of ether oxygens (including phenoxy) is 1. The van der Waals surface area contributed by atoms with Crippen LogP contribution in [0.5, 0.6) is 0 Å². The first-order valence-electron chi connectivity index (χ1n) is 8.36. The Morgan fingerprint density at radius 1 is 1.28 bits per heavy atom. The van der Waals surface area contributed by atoms with Gasteiger partial charge in [-0.25, -0.2) is 0 Å². The number of aromatic nitrogens is 1. The van der Waals surface area contributed by atoms with Gasteiger partial charge in [0, 0.05) is 30.5 Å². The Hall–Kier alpha value is -1.95. The van der Waals surface area contributed by atoms with Crippen LogP contribution in [0.2, 0.25) is 5.02 Å². The Morgan fingerprint density at radius 2 is 2.00 bits per heavy atom. The number of halogens is 1. The Kier molecular flexibility index (Phi) is 6.02. The van der Waals surface area contributed by atoms with Crippen LogP contribution in [0.25, 0.3) is 0 Å². The van der Waals surface area contributed by atoms with E-state index in [-0.39, 0.29) is 12.0 Å².